The third-order valence-electron chi connectivity index (χ3n) is 1.99. The van der Waals surface area contributed by atoms with Crippen LogP contribution in [0.2, 0.25) is 0 Å². The summed E-state index contributed by atoms with van der Waals surface area (Å²) in [5.74, 6) is 0. The zero-order valence-electron chi connectivity index (χ0n) is 9.96. The summed E-state index contributed by atoms with van der Waals surface area (Å²) in [5.41, 5.74) is 6.91. The van der Waals surface area contributed by atoms with Crippen LogP contribution in [0, 0.1) is 0 Å². The second kappa shape index (κ2) is 7.47. The van der Waals surface area contributed by atoms with Crippen molar-refractivity contribution in [3.8, 4) is 0 Å². The van der Waals surface area contributed by atoms with Crippen LogP contribution in [-0.4, -0.2) is 37.2 Å². The van der Waals surface area contributed by atoms with E-state index in [-0.39, 0.29) is 0 Å². The van der Waals surface area contributed by atoms with Crippen molar-refractivity contribution < 1.29 is 0 Å². The first-order chi connectivity index (χ1) is 8.08. The van der Waals surface area contributed by atoms with E-state index in [0.29, 0.717) is 5.11 Å². The van der Waals surface area contributed by atoms with Gasteiger partial charge in [0, 0.05) is 17.6 Å². The fourth-order valence-electron chi connectivity index (χ4n) is 1.13. The minimum Gasteiger partial charge on any atom is -0.360 e. The summed E-state index contributed by atoms with van der Waals surface area (Å²) < 4.78 is 1.02. The monoisotopic (exact) mass is 316 g/mol. The molecule has 1 aromatic rings. The lowest BCUT2D eigenvalue weighted by Gasteiger charge is -2.14. The lowest BCUT2D eigenvalue weighted by molar-refractivity contribution is 0.412. The number of nitrogens with one attached hydrogen (secondary N) is 3. The molecule has 3 N–H and O–H groups in total. The average Bonchev–Trinajstić information content (AvgIpc) is 2.26. The number of thiocarbonyl (C=S) groups is 1. The zero-order valence-corrected chi connectivity index (χ0v) is 12.4. The highest BCUT2D eigenvalue weighted by Crippen LogP contribution is 2.14. The maximum atomic E-state index is 5.12. The Morgan fingerprint density at radius 3 is 2.82 bits per heavy atom. The molecule has 0 spiro atoms. The molecular weight excluding hydrogens is 300 g/mol. The van der Waals surface area contributed by atoms with Gasteiger partial charge in [-0.25, -0.2) is 0 Å². The molecule has 0 aliphatic rings. The van der Waals surface area contributed by atoms with Gasteiger partial charge in [0.25, 0.3) is 0 Å². The Balaban J connectivity index is 2.24. The molecular formula is C11H17BrN4S. The minimum absolute atomic E-state index is 0.590. The fraction of sp³-hybridized carbons (Fsp3) is 0.364. The van der Waals surface area contributed by atoms with Gasteiger partial charge >= 0.3 is 0 Å². The lowest BCUT2D eigenvalue weighted by atomic mass is 10.3. The van der Waals surface area contributed by atoms with Crippen molar-refractivity contribution in [2.45, 2.75) is 0 Å². The zero-order chi connectivity index (χ0) is 12.7. The maximum absolute atomic E-state index is 5.12. The predicted octanol–water partition coefficient (Wildman–Crippen LogP) is 1.80. The summed E-state index contributed by atoms with van der Waals surface area (Å²) in [6.45, 7) is 1.76. The molecule has 0 saturated heterocycles. The highest BCUT2D eigenvalue weighted by atomic mass is 79.9. The summed E-state index contributed by atoms with van der Waals surface area (Å²) >= 11 is 8.53. The molecule has 0 saturated carbocycles. The Kier molecular flexibility index (Phi) is 6.25. The van der Waals surface area contributed by atoms with E-state index in [2.05, 4.69) is 37.0 Å². The van der Waals surface area contributed by atoms with E-state index < -0.39 is 0 Å². The van der Waals surface area contributed by atoms with Gasteiger partial charge in [-0.1, -0.05) is 22.0 Å². The van der Waals surface area contributed by atoms with E-state index in [4.69, 9.17) is 12.2 Å². The fourth-order valence-corrected chi connectivity index (χ4v) is 1.68. The van der Waals surface area contributed by atoms with Crippen molar-refractivity contribution in [2.75, 3.05) is 32.6 Å². The van der Waals surface area contributed by atoms with Crippen LogP contribution in [0.5, 0.6) is 0 Å². The Morgan fingerprint density at radius 2 is 2.18 bits per heavy atom. The molecule has 1 rings (SSSR count). The van der Waals surface area contributed by atoms with Gasteiger partial charge in [0.05, 0.1) is 5.69 Å². The molecule has 0 unspecified atom stereocenters. The van der Waals surface area contributed by atoms with Gasteiger partial charge in [0.1, 0.15) is 0 Å². The molecule has 94 valence electrons. The van der Waals surface area contributed by atoms with E-state index in [1.165, 1.54) is 0 Å². The Bertz CT molecular complexity index is 370. The molecule has 0 radical (unpaired) electrons. The molecule has 17 heavy (non-hydrogen) atoms. The van der Waals surface area contributed by atoms with Gasteiger partial charge in [0.15, 0.2) is 5.11 Å². The number of likely N-dealkylation sites (N-methyl/N-ethyl adjacent to an activating group) is 1. The van der Waals surface area contributed by atoms with Crippen LogP contribution in [0.4, 0.5) is 5.69 Å². The normalized spacial score (nSPS) is 10.1. The number of anilines is 1. The van der Waals surface area contributed by atoms with E-state index in [1.54, 1.807) is 0 Å². The first-order valence-electron chi connectivity index (χ1n) is 5.28. The molecule has 4 nitrogen and oxygen atoms in total. The number of hydrazine groups is 1. The summed E-state index contributed by atoms with van der Waals surface area (Å²) in [4.78, 5) is 2.09. The van der Waals surface area contributed by atoms with Crippen molar-refractivity contribution in [3.05, 3.63) is 28.7 Å². The number of rotatable bonds is 5. The van der Waals surface area contributed by atoms with Crippen molar-refractivity contribution in [2.24, 2.45) is 0 Å². The summed E-state index contributed by atoms with van der Waals surface area (Å²) in [5, 5.41) is 3.69. The van der Waals surface area contributed by atoms with Crippen molar-refractivity contribution in [3.63, 3.8) is 0 Å². The topological polar surface area (TPSA) is 39.3 Å². The third-order valence-corrected chi connectivity index (χ3v) is 2.73. The van der Waals surface area contributed by atoms with E-state index >= 15 is 0 Å². The van der Waals surface area contributed by atoms with Crippen LogP contribution < -0.4 is 16.2 Å². The van der Waals surface area contributed by atoms with Gasteiger partial charge in [-0.15, -0.1) is 0 Å². The molecule has 0 bridgehead atoms. The van der Waals surface area contributed by atoms with Gasteiger partial charge in [-0.3, -0.25) is 10.9 Å². The smallest absolute Gasteiger partial charge is 0.185 e. The highest BCUT2D eigenvalue weighted by molar-refractivity contribution is 9.10. The molecule has 1 aromatic carbocycles. The van der Waals surface area contributed by atoms with Crippen LogP contribution in [0.25, 0.3) is 0 Å². The molecule has 0 aromatic heterocycles. The number of halogens is 1. The lowest BCUT2D eigenvalue weighted by Crippen LogP contribution is -2.41. The Labute approximate surface area is 116 Å². The molecule has 0 amide bonds. The van der Waals surface area contributed by atoms with Gasteiger partial charge in [-0.05, 0) is 44.5 Å². The second-order valence-corrected chi connectivity index (χ2v) is 5.14. The number of benzene rings is 1. The first-order valence-corrected chi connectivity index (χ1v) is 6.48. The van der Waals surface area contributed by atoms with Crippen LogP contribution >= 0.6 is 28.1 Å². The molecule has 0 aliphatic carbocycles. The largest absolute Gasteiger partial charge is 0.360 e. The quantitative estimate of drug-likeness (QED) is 0.571. The van der Waals surface area contributed by atoms with Gasteiger partial charge in [0.2, 0.25) is 0 Å². The van der Waals surface area contributed by atoms with E-state index in [1.807, 2.05) is 38.4 Å². The number of hydrogen-bond donors (Lipinski definition) is 3. The summed E-state index contributed by atoms with van der Waals surface area (Å²) in [6, 6.07) is 7.85. The van der Waals surface area contributed by atoms with Crippen LogP contribution in [0.15, 0.2) is 28.7 Å². The minimum atomic E-state index is 0.590. The van der Waals surface area contributed by atoms with Crippen molar-refractivity contribution in [1.82, 2.24) is 15.6 Å². The third kappa shape index (κ3) is 6.45. The molecule has 6 heteroatoms. The SMILES string of the molecule is CN(C)CCNC(=S)NNc1cccc(Br)c1. The highest BCUT2D eigenvalue weighted by Gasteiger charge is 1.96. The number of nitrogens with zero attached hydrogens (tertiary/aromatic N) is 1. The van der Waals surface area contributed by atoms with Crippen LogP contribution in [0.3, 0.4) is 0 Å². The van der Waals surface area contributed by atoms with E-state index in [9.17, 15) is 0 Å². The van der Waals surface area contributed by atoms with Crippen LogP contribution in [-0.2, 0) is 0 Å². The second-order valence-electron chi connectivity index (χ2n) is 3.82. The van der Waals surface area contributed by atoms with Gasteiger partial charge in [-0.2, -0.15) is 0 Å². The van der Waals surface area contributed by atoms with Gasteiger partial charge < -0.3 is 10.2 Å². The first kappa shape index (κ1) is 14.2. The molecule has 0 aliphatic heterocycles. The molecule has 0 fully saturated rings. The summed E-state index contributed by atoms with van der Waals surface area (Å²) in [7, 11) is 4.05. The maximum Gasteiger partial charge on any atom is 0.185 e. The average molecular weight is 317 g/mol. The number of hydrogen-bond acceptors (Lipinski definition) is 3. The Hall–Kier alpha value is -0.850. The van der Waals surface area contributed by atoms with Crippen LogP contribution in [0.1, 0.15) is 0 Å². The summed E-state index contributed by atoms with van der Waals surface area (Å²) in [6.07, 6.45) is 0. The molecule has 0 atom stereocenters. The predicted molar refractivity (Wildman–Crippen MR) is 80.1 cm³/mol. The standard InChI is InChI=1S/C11H17BrN4S/c1-16(2)7-6-13-11(17)15-14-10-5-3-4-9(12)8-10/h3-5,8,14H,6-7H2,1-2H3,(H2,13,15,17). The van der Waals surface area contributed by atoms with Crippen molar-refractivity contribution in [1.29, 1.82) is 0 Å². The van der Waals surface area contributed by atoms with Crippen molar-refractivity contribution >= 4 is 38.9 Å². The molecule has 0 heterocycles. The van der Waals surface area contributed by atoms with E-state index in [0.717, 1.165) is 23.2 Å². The Morgan fingerprint density at radius 1 is 1.41 bits per heavy atom.